The van der Waals surface area contributed by atoms with Gasteiger partial charge in [-0.1, -0.05) is 0 Å². The van der Waals surface area contributed by atoms with Crippen LogP contribution in [0.4, 0.5) is 0 Å². The zero-order valence-electron chi connectivity index (χ0n) is 5.86. The molecule has 0 radical (unpaired) electrons. The Balaban J connectivity index is 2.48. The highest BCUT2D eigenvalue weighted by Gasteiger charge is 2.02. The number of sulfonamides is 1. The van der Waals surface area contributed by atoms with Crippen molar-refractivity contribution in [2.24, 2.45) is 5.14 Å². The molecule has 0 saturated carbocycles. The molecule has 3 nitrogen and oxygen atoms in total. The summed E-state index contributed by atoms with van der Waals surface area (Å²) in [5.74, 6) is 0.0315. The Labute approximate surface area is 69.9 Å². The van der Waals surface area contributed by atoms with Gasteiger partial charge in [-0.3, -0.25) is 0 Å². The highest BCUT2D eigenvalue weighted by Crippen LogP contribution is 2.06. The molecule has 0 spiro atoms. The first-order valence-electron chi connectivity index (χ1n) is 3.09. The van der Waals surface area contributed by atoms with Crippen LogP contribution in [0.25, 0.3) is 0 Å². The lowest BCUT2D eigenvalue weighted by Gasteiger charge is -1.94. The van der Waals surface area contributed by atoms with E-state index >= 15 is 0 Å². The predicted molar refractivity (Wildman–Crippen MR) is 46.0 cm³/mol. The van der Waals surface area contributed by atoms with Crippen LogP contribution in [0, 0.1) is 0 Å². The number of hydrogen-bond acceptors (Lipinski definition) is 3. The van der Waals surface area contributed by atoms with Gasteiger partial charge in [0.25, 0.3) is 0 Å². The maximum absolute atomic E-state index is 10.5. The van der Waals surface area contributed by atoms with E-state index < -0.39 is 10.0 Å². The summed E-state index contributed by atoms with van der Waals surface area (Å²) in [6.07, 6.45) is 0.516. The van der Waals surface area contributed by atoms with E-state index in [1.54, 1.807) is 11.3 Å². The molecule has 1 aromatic heterocycles. The van der Waals surface area contributed by atoms with Crippen LogP contribution < -0.4 is 5.14 Å². The molecular weight excluding hydrogens is 182 g/mol. The molecular formula is C6H9NO2S2. The van der Waals surface area contributed by atoms with Crippen molar-refractivity contribution in [3.63, 3.8) is 0 Å². The Hall–Kier alpha value is -0.390. The molecule has 0 amide bonds. The highest BCUT2D eigenvalue weighted by atomic mass is 32.2. The Kier molecular flexibility index (Phi) is 2.64. The van der Waals surface area contributed by atoms with Crippen molar-refractivity contribution in [2.75, 3.05) is 5.75 Å². The van der Waals surface area contributed by atoms with E-state index in [1.807, 2.05) is 16.8 Å². The molecule has 1 rings (SSSR count). The molecule has 0 atom stereocenters. The fourth-order valence-corrected chi connectivity index (χ4v) is 1.92. The normalized spacial score (nSPS) is 11.7. The Morgan fingerprint density at radius 2 is 2.27 bits per heavy atom. The van der Waals surface area contributed by atoms with Gasteiger partial charge in [0.1, 0.15) is 0 Å². The van der Waals surface area contributed by atoms with E-state index in [9.17, 15) is 8.42 Å². The van der Waals surface area contributed by atoms with Gasteiger partial charge in [-0.25, -0.2) is 13.6 Å². The predicted octanol–water partition coefficient (Wildman–Crippen LogP) is 0.579. The summed E-state index contributed by atoms with van der Waals surface area (Å²) in [5, 5.41) is 8.66. The molecule has 0 aromatic carbocycles. The monoisotopic (exact) mass is 191 g/mol. The van der Waals surface area contributed by atoms with Gasteiger partial charge >= 0.3 is 0 Å². The molecule has 1 heterocycles. The first-order chi connectivity index (χ1) is 5.08. The van der Waals surface area contributed by atoms with Crippen molar-refractivity contribution in [3.8, 4) is 0 Å². The SMILES string of the molecule is NS(=O)(=O)CCc1ccsc1. The summed E-state index contributed by atoms with van der Waals surface area (Å²) >= 11 is 1.55. The van der Waals surface area contributed by atoms with Crippen molar-refractivity contribution in [3.05, 3.63) is 22.4 Å². The number of nitrogens with two attached hydrogens (primary N) is 1. The minimum absolute atomic E-state index is 0.0315. The minimum Gasteiger partial charge on any atom is -0.229 e. The van der Waals surface area contributed by atoms with Gasteiger partial charge in [-0.2, -0.15) is 11.3 Å². The van der Waals surface area contributed by atoms with Crippen LogP contribution >= 0.6 is 11.3 Å². The second kappa shape index (κ2) is 3.34. The standard InChI is InChI=1S/C6H9NO2S2/c7-11(8,9)4-2-6-1-3-10-5-6/h1,3,5H,2,4H2,(H2,7,8,9). The van der Waals surface area contributed by atoms with Gasteiger partial charge in [-0.05, 0) is 28.8 Å². The van der Waals surface area contributed by atoms with Crippen molar-refractivity contribution in [1.29, 1.82) is 0 Å². The number of hydrogen-bond donors (Lipinski definition) is 1. The topological polar surface area (TPSA) is 60.2 Å². The maximum Gasteiger partial charge on any atom is 0.209 e. The zero-order chi connectivity index (χ0) is 8.32. The van der Waals surface area contributed by atoms with E-state index in [2.05, 4.69) is 0 Å². The molecule has 0 aliphatic rings. The zero-order valence-corrected chi connectivity index (χ0v) is 7.49. The molecule has 0 aliphatic heterocycles. The number of aryl methyl sites for hydroxylation is 1. The molecule has 2 N–H and O–H groups in total. The maximum atomic E-state index is 10.5. The molecule has 0 saturated heterocycles. The smallest absolute Gasteiger partial charge is 0.209 e. The van der Waals surface area contributed by atoms with Gasteiger partial charge in [0.15, 0.2) is 0 Å². The summed E-state index contributed by atoms with van der Waals surface area (Å²) in [5.41, 5.74) is 1.03. The molecule has 11 heavy (non-hydrogen) atoms. The van der Waals surface area contributed by atoms with Crippen LogP contribution in [0.2, 0.25) is 0 Å². The highest BCUT2D eigenvalue weighted by molar-refractivity contribution is 7.89. The fourth-order valence-electron chi connectivity index (χ4n) is 0.695. The van der Waals surface area contributed by atoms with Crippen LogP contribution in [0.5, 0.6) is 0 Å². The number of primary sulfonamides is 1. The quantitative estimate of drug-likeness (QED) is 0.759. The molecule has 0 unspecified atom stereocenters. The van der Waals surface area contributed by atoms with E-state index in [1.165, 1.54) is 0 Å². The van der Waals surface area contributed by atoms with E-state index in [0.29, 0.717) is 6.42 Å². The summed E-state index contributed by atoms with van der Waals surface area (Å²) in [7, 11) is -3.30. The van der Waals surface area contributed by atoms with E-state index in [-0.39, 0.29) is 5.75 Å². The largest absolute Gasteiger partial charge is 0.229 e. The van der Waals surface area contributed by atoms with Gasteiger partial charge in [0.05, 0.1) is 5.75 Å². The lowest BCUT2D eigenvalue weighted by molar-refractivity contribution is 0.597. The van der Waals surface area contributed by atoms with Crippen LogP contribution in [-0.2, 0) is 16.4 Å². The van der Waals surface area contributed by atoms with Crippen LogP contribution in [0.15, 0.2) is 16.8 Å². The summed E-state index contributed by atoms with van der Waals surface area (Å²) < 4.78 is 21.0. The summed E-state index contributed by atoms with van der Waals surface area (Å²) in [4.78, 5) is 0. The third kappa shape index (κ3) is 3.50. The Morgan fingerprint density at radius 3 is 2.73 bits per heavy atom. The van der Waals surface area contributed by atoms with Crippen molar-refractivity contribution >= 4 is 21.4 Å². The average Bonchev–Trinajstić information content (AvgIpc) is 2.32. The van der Waals surface area contributed by atoms with Crippen LogP contribution in [-0.4, -0.2) is 14.2 Å². The lowest BCUT2D eigenvalue weighted by atomic mass is 10.3. The van der Waals surface area contributed by atoms with Gasteiger partial charge < -0.3 is 0 Å². The fraction of sp³-hybridized carbons (Fsp3) is 0.333. The average molecular weight is 191 g/mol. The molecule has 1 aromatic rings. The molecule has 0 bridgehead atoms. The lowest BCUT2D eigenvalue weighted by Crippen LogP contribution is -2.17. The Bertz CT molecular complexity index is 301. The van der Waals surface area contributed by atoms with Crippen LogP contribution in [0.3, 0.4) is 0 Å². The van der Waals surface area contributed by atoms with Gasteiger partial charge in [0, 0.05) is 0 Å². The second-order valence-electron chi connectivity index (χ2n) is 2.25. The Morgan fingerprint density at radius 1 is 1.55 bits per heavy atom. The van der Waals surface area contributed by atoms with Gasteiger partial charge in [-0.15, -0.1) is 0 Å². The summed E-state index contributed by atoms with van der Waals surface area (Å²) in [6, 6.07) is 1.90. The minimum atomic E-state index is -3.30. The van der Waals surface area contributed by atoms with Crippen LogP contribution in [0.1, 0.15) is 5.56 Å². The third-order valence-corrected chi connectivity index (χ3v) is 2.76. The number of thiophene rings is 1. The molecule has 0 aliphatic carbocycles. The van der Waals surface area contributed by atoms with Crippen molar-refractivity contribution < 1.29 is 8.42 Å². The first kappa shape index (κ1) is 8.70. The molecule has 0 fully saturated rings. The molecule has 5 heteroatoms. The van der Waals surface area contributed by atoms with Crippen molar-refractivity contribution in [1.82, 2.24) is 0 Å². The van der Waals surface area contributed by atoms with E-state index in [4.69, 9.17) is 5.14 Å². The van der Waals surface area contributed by atoms with Crippen molar-refractivity contribution in [2.45, 2.75) is 6.42 Å². The molecule has 62 valence electrons. The second-order valence-corrected chi connectivity index (χ2v) is 4.76. The first-order valence-corrected chi connectivity index (χ1v) is 5.75. The third-order valence-electron chi connectivity index (χ3n) is 1.26. The van der Waals surface area contributed by atoms with Gasteiger partial charge in [0.2, 0.25) is 10.0 Å². The van der Waals surface area contributed by atoms with E-state index in [0.717, 1.165) is 5.56 Å². The number of rotatable bonds is 3. The summed E-state index contributed by atoms with van der Waals surface area (Å²) in [6.45, 7) is 0.